The zero-order chi connectivity index (χ0) is 17.5. The maximum atomic E-state index is 12.8. The molecule has 3 heterocycles. The van der Waals surface area contributed by atoms with Gasteiger partial charge in [-0.25, -0.2) is 4.98 Å². The number of nitrogens with one attached hydrogen (secondary N) is 2. The fourth-order valence-electron chi connectivity index (χ4n) is 3.06. The monoisotopic (exact) mass is 330 g/mol. The summed E-state index contributed by atoms with van der Waals surface area (Å²) in [5.74, 6) is -0.427. The number of hydrogen-bond acceptors (Lipinski definition) is 4. The number of amides is 2. The van der Waals surface area contributed by atoms with Crippen molar-refractivity contribution in [3.63, 3.8) is 0 Å². The minimum absolute atomic E-state index is 0.138. The third-order valence-electron chi connectivity index (χ3n) is 4.25. The van der Waals surface area contributed by atoms with Gasteiger partial charge in [0.1, 0.15) is 11.7 Å². The topological polar surface area (TPSA) is 98.3 Å². The van der Waals surface area contributed by atoms with E-state index in [-0.39, 0.29) is 18.4 Å². The van der Waals surface area contributed by atoms with Crippen molar-refractivity contribution in [1.82, 2.24) is 20.2 Å². The number of carbonyl (C=O) groups is 2. The second-order valence-electron chi connectivity index (χ2n) is 6.78. The van der Waals surface area contributed by atoms with Gasteiger partial charge in [-0.15, -0.1) is 0 Å². The molecular formula is C17H22N4O3. The number of carbonyl (C=O) groups excluding carboxylic acids is 2. The molecule has 2 amide bonds. The van der Waals surface area contributed by atoms with Crippen molar-refractivity contribution >= 4 is 22.8 Å². The van der Waals surface area contributed by atoms with Gasteiger partial charge in [0.25, 0.3) is 5.91 Å². The van der Waals surface area contributed by atoms with E-state index in [1.165, 1.54) is 0 Å². The Hall–Kier alpha value is -2.41. The minimum atomic E-state index is -0.995. The number of pyridine rings is 1. The first kappa shape index (κ1) is 16.4. The molecule has 0 unspecified atom stereocenters. The molecule has 3 rings (SSSR count). The van der Waals surface area contributed by atoms with Crippen LogP contribution in [0, 0.1) is 0 Å². The normalized spacial score (nSPS) is 15.7. The van der Waals surface area contributed by atoms with Crippen LogP contribution in [0.3, 0.4) is 0 Å². The van der Waals surface area contributed by atoms with E-state index in [1.807, 2.05) is 13.0 Å². The second kappa shape index (κ2) is 5.90. The van der Waals surface area contributed by atoms with E-state index in [1.54, 1.807) is 31.1 Å². The highest BCUT2D eigenvalue weighted by Crippen LogP contribution is 2.30. The van der Waals surface area contributed by atoms with Gasteiger partial charge >= 0.3 is 0 Å². The molecule has 1 atom stereocenters. The Balaban J connectivity index is 1.86. The Bertz CT molecular complexity index is 791. The molecule has 1 aliphatic heterocycles. The third kappa shape index (κ3) is 2.87. The molecule has 0 spiro atoms. The van der Waals surface area contributed by atoms with E-state index >= 15 is 0 Å². The Morgan fingerprint density at radius 2 is 2.29 bits per heavy atom. The van der Waals surface area contributed by atoms with Crippen LogP contribution in [-0.2, 0) is 11.3 Å². The molecule has 0 fully saturated rings. The molecular weight excluding hydrogens is 308 g/mol. The first-order valence-corrected chi connectivity index (χ1v) is 8.08. The van der Waals surface area contributed by atoms with Crippen molar-refractivity contribution in [3.8, 4) is 0 Å². The Labute approximate surface area is 140 Å². The Kier molecular flexibility index (Phi) is 4.04. The van der Waals surface area contributed by atoms with Crippen LogP contribution in [0.2, 0.25) is 0 Å². The van der Waals surface area contributed by atoms with Crippen molar-refractivity contribution in [3.05, 3.63) is 29.6 Å². The van der Waals surface area contributed by atoms with Gasteiger partial charge in [-0.05, 0) is 31.9 Å². The highest BCUT2D eigenvalue weighted by molar-refractivity contribution is 6.10. The highest BCUT2D eigenvalue weighted by atomic mass is 16.3. The predicted molar refractivity (Wildman–Crippen MR) is 89.4 cm³/mol. The third-order valence-corrected chi connectivity index (χ3v) is 4.25. The number of rotatable bonds is 5. The molecule has 3 N–H and O–H groups in total. The van der Waals surface area contributed by atoms with Gasteiger partial charge in [0.05, 0.1) is 11.2 Å². The zero-order valence-corrected chi connectivity index (χ0v) is 14.1. The van der Waals surface area contributed by atoms with Gasteiger partial charge in [0.15, 0.2) is 0 Å². The number of hydrogen-bond donors (Lipinski definition) is 3. The summed E-state index contributed by atoms with van der Waals surface area (Å²) in [6.45, 7) is 5.63. The van der Waals surface area contributed by atoms with Crippen LogP contribution in [0.4, 0.5) is 0 Å². The molecule has 24 heavy (non-hydrogen) atoms. The number of aromatic nitrogens is 2. The fourth-order valence-corrected chi connectivity index (χ4v) is 3.06. The summed E-state index contributed by atoms with van der Waals surface area (Å²) in [5, 5.41) is 13.4. The van der Waals surface area contributed by atoms with Gasteiger partial charge in [-0.1, -0.05) is 6.92 Å². The number of aliphatic hydroxyl groups is 1. The summed E-state index contributed by atoms with van der Waals surface area (Å²) in [6.07, 6.45) is 3.84. The van der Waals surface area contributed by atoms with Crippen LogP contribution in [0.25, 0.3) is 11.0 Å². The average Bonchev–Trinajstić information content (AvgIpc) is 2.96. The molecule has 7 nitrogen and oxygen atoms in total. The molecule has 0 radical (unpaired) electrons. The van der Waals surface area contributed by atoms with Gasteiger partial charge in [-0.2, -0.15) is 0 Å². The quantitative estimate of drug-likeness (QED) is 0.767. The lowest BCUT2D eigenvalue weighted by molar-refractivity contribution is -0.127. The summed E-state index contributed by atoms with van der Waals surface area (Å²) in [7, 11) is 0. The molecule has 128 valence electrons. The lowest BCUT2D eigenvalue weighted by atomic mass is 10.00. The van der Waals surface area contributed by atoms with Gasteiger partial charge in [0, 0.05) is 30.9 Å². The zero-order valence-electron chi connectivity index (χ0n) is 14.1. The molecule has 2 aromatic heterocycles. The SMILES string of the molecule is CC[C@H](C(=O)NCC(C)(C)O)N1Cc2ccnc3[nH]cc(c23)C1=O. The second-order valence-corrected chi connectivity index (χ2v) is 6.78. The van der Waals surface area contributed by atoms with Crippen molar-refractivity contribution in [1.29, 1.82) is 0 Å². The van der Waals surface area contributed by atoms with Crippen molar-refractivity contribution in [2.75, 3.05) is 6.54 Å². The fraction of sp³-hybridized carbons (Fsp3) is 0.471. The van der Waals surface area contributed by atoms with Gasteiger partial charge in [0.2, 0.25) is 5.91 Å². The average molecular weight is 330 g/mol. The summed E-state index contributed by atoms with van der Waals surface area (Å²) in [6, 6.07) is 1.30. The maximum Gasteiger partial charge on any atom is 0.257 e. The minimum Gasteiger partial charge on any atom is -0.389 e. The Morgan fingerprint density at radius 3 is 2.96 bits per heavy atom. The van der Waals surface area contributed by atoms with Crippen LogP contribution in [0.5, 0.6) is 0 Å². The van der Waals surface area contributed by atoms with Crippen molar-refractivity contribution < 1.29 is 14.7 Å². The van der Waals surface area contributed by atoms with Gasteiger partial charge < -0.3 is 20.3 Å². The summed E-state index contributed by atoms with van der Waals surface area (Å²) in [5.41, 5.74) is 1.22. The van der Waals surface area contributed by atoms with E-state index < -0.39 is 11.6 Å². The van der Waals surface area contributed by atoms with Crippen LogP contribution in [0.1, 0.15) is 43.1 Å². The number of nitrogens with zero attached hydrogens (tertiary/aromatic N) is 2. The summed E-state index contributed by atoms with van der Waals surface area (Å²) in [4.78, 5) is 34.2. The molecule has 0 aliphatic carbocycles. The van der Waals surface area contributed by atoms with E-state index in [4.69, 9.17) is 0 Å². The largest absolute Gasteiger partial charge is 0.389 e. The van der Waals surface area contributed by atoms with Crippen molar-refractivity contribution in [2.45, 2.75) is 45.4 Å². The van der Waals surface area contributed by atoms with Crippen molar-refractivity contribution in [2.24, 2.45) is 0 Å². The molecule has 0 aromatic carbocycles. The van der Waals surface area contributed by atoms with Crippen LogP contribution in [-0.4, -0.2) is 50.0 Å². The molecule has 1 aliphatic rings. The molecule has 0 bridgehead atoms. The van der Waals surface area contributed by atoms with E-state index in [9.17, 15) is 14.7 Å². The smallest absolute Gasteiger partial charge is 0.257 e. The first-order valence-electron chi connectivity index (χ1n) is 8.08. The summed E-state index contributed by atoms with van der Waals surface area (Å²) >= 11 is 0. The lowest BCUT2D eigenvalue weighted by Gasteiger charge is -2.33. The molecule has 2 aromatic rings. The van der Waals surface area contributed by atoms with Crippen LogP contribution < -0.4 is 5.32 Å². The molecule has 0 saturated carbocycles. The number of H-pyrrole nitrogens is 1. The lowest BCUT2D eigenvalue weighted by Crippen LogP contribution is -2.52. The van der Waals surface area contributed by atoms with Crippen LogP contribution >= 0.6 is 0 Å². The predicted octanol–water partition coefficient (Wildman–Crippen LogP) is 1.18. The molecule has 0 saturated heterocycles. The standard InChI is InChI=1S/C17H22N4O3/c1-4-12(15(22)20-9-17(2,3)24)21-8-10-5-6-18-14-13(10)11(7-19-14)16(21)23/h5-7,12,24H,4,8-9H2,1-3H3,(H,18,19)(H,20,22)/t12-/m1/s1. The number of aromatic amines is 1. The molecule has 7 heteroatoms. The Morgan fingerprint density at radius 1 is 1.54 bits per heavy atom. The van der Waals surface area contributed by atoms with Gasteiger partial charge in [-0.3, -0.25) is 9.59 Å². The summed E-state index contributed by atoms with van der Waals surface area (Å²) < 4.78 is 0. The van der Waals surface area contributed by atoms with E-state index in [0.29, 0.717) is 24.2 Å². The van der Waals surface area contributed by atoms with Crippen LogP contribution in [0.15, 0.2) is 18.5 Å². The first-order chi connectivity index (χ1) is 11.3. The maximum absolute atomic E-state index is 12.8. The van der Waals surface area contributed by atoms with E-state index in [2.05, 4.69) is 15.3 Å². The highest BCUT2D eigenvalue weighted by Gasteiger charge is 2.35. The van der Waals surface area contributed by atoms with E-state index in [0.717, 1.165) is 10.9 Å².